The van der Waals surface area contributed by atoms with Crippen molar-refractivity contribution in [1.29, 1.82) is 0 Å². The zero-order valence-electron chi connectivity index (χ0n) is 17.7. The number of nitrogens with zero attached hydrogens (tertiary/aromatic N) is 2. The first kappa shape index (κ1) is 24.5. The average molecular weight is 494 g/mol. The quantitative estimate of drug-likeness (QED) is 0.351. The number of methoxy groups -OCH3 is 1. The molecular formula is C20H39IN4O2. The molecule has 7 heteroatoms. The van der Waals surface area contributed by atoms with E-state index in [-0.39, 0.29) is 47.5 Å². The van der Waals surface area contributed by atoms with E-state index in [1.807, 2.05) is 4.90 Å². The molecule has 27 heavy (non-hydrogen) atoms. The van der Waals surface area contributed by atoms with E-state index in [4.69, 9.17) is 4.74 Å². The number of carbonyl (C=O) groups is 1. The van der Waals surface area contributed by atoms with Crippen LogP contribution in [0, 0.1) is 11.3 Å². The average Bonchev–Trinajstić information content (AvgIpc) is 3.08. The molecule has 0 aromatic carbocycles. The van der Waals surface area contributed by atoms with Gasteiger partial charge in [-0.15, -0.1) is 24.0 Å². The Labute approximate surface area is 182 Å². The second kappa shape index (κ2) is 11.4. The SMILES string of the molecule is CN=C(NCC(OC)C(C)(C)C)NC1CCN(C(=O)C2CCCCC2)C1.I. The molecule has 2 atom stereocenters. The van der Waals surface area contributed by atoms with Crippen molar-refractivity contribution < 1.29 is 9.53 Å². The van der Waals surface area contributed by atoms with Crippen molar-refractivity contribution >= 4 is 35.8 Å². The predicted octanol–water partition coefficient (Wildman–Crippen LogP) is 3.01. The number of guanidine groups is 1. The van der Waals surface area contributed by atoms with Gasteiger partial charge in [0.2, 0.25) is 5.91 Å². The monoisotopic (exact) mass is 494 g/mol. The molecule has 0 bridgehead atoms. The maximum atomic E-state index is 12.7. The molecule has 0 spiro atoms. The Morgan fingerprint density at radius 1 is 1.22 bits per heavy atom. The summed E-state index contributed by atoms with van der Waals surface area (Å²) in [6, 6.07) is 0.268. The smallest absolute Gasteiger partial charge is 0.225 e. The number of rotatable bonds is 5. The van der Waals surface area contributed by atoms with Gasteiger partial charge in [-0.3, -0.25) is 9.79 Å². The van der Waals surface area contributed by atoms with Crippen LogP contribution in [0.5, 0.6) is 0 Å². The lowest BCUT2D eigenvalue weighted by Crippen LogP contribution is -2.49. The number of amides is 1. The largest absolute Gasteiger partial charge is 0.379 e. The normalized spacial score (nSPS) is 22.9. The van der Waals surface area contributed by atoms with Crippen LogP contribution in [0.2, 0.25) is 0 Å². The standard InChI is InChI=1S/C20H38N4O2.HI/c1-20(2,3)17(26-5)13-22-19(21-4)23-16-11-12-24(14-16)18(25)15-9-7-6-8-10-15;/h15-17H,6-14H2,1-5H3,(H2,21,22,23);1H. The molecule has 1 saturated heterocycles. The number of aliphatic imine (C=N–C) groups is 1. The summed E-state index contributed by atoms with van der Waals surface area (Å²) in [5.74, 6) is 1.41. The molecule has 1 amide bonds. The Kier molecular flexibility index (Phi) is 10.4. The molecule has 0 aromatic rings. The van der Waals surface area contributed by atoms with E-state index < -0.39 is 0 Å². The van der Waals surface area contributed by atoms with Gasteiger partial charge < -0.3 is 20.3 Å². The number of likely N-dealkylation sites (tertiary alicyclic amines) is 1. The van der Waals surface area contributed by atoms with E-state index in [0.717, 1.165) is 38.3 Å². The molecule has 158 valence electrons. The van der Waals surface area contributed by atoms with Crippen molar-refractivity contribution in [1.82, 2.24) is 15.5 Å². The first-order chi connectivity index (χ1) is 12.3. The topological polar surface area (TPSA) is 66.0 Å². The number of halogens is 1. The summed E-state index contributed by atoms with van der Waals surface area (Å²) in [7, 11) is 3.54. The Hall–Kier alpha value is -0.570. The molecule has 2 N–H and O–H groups in total. The first-order valence-electron chi connectivity index (χ1n) is 10.1. The van der Waals surface area contributed by atoms with Gasteiger partial charge in [-0.2, -0.15) is 0 Å². The number of nitrogens with one attached hydrogen (secondary N) is 2. The summed E-state index contributed by atoms with van der Waals surface area (Å²) < 4.78 is 5.60. The lowest BCUT2D eigenvalue weighted by Gasteiger charge is -2.30. The van der Waals surface area contributed by atoms with Crippen LogP contribution in [-0.2, 0) is 9.53 Å². The van der Waals surface area contributed by atoms with Crippen molar-refractivity contribution in [3.05, 3.63) is 0 Å². The van der Waals surface area contributed by atoms with Crippen molar-refractivity contribution in [2.24, 2.45) is 16.3 Å². The van der Waals surface area contributed by atoms with Gasteiger partial charge >= 0.3 is 0 Å². The fraction of sp³-hybridized carbons (Fsp3) is 0.900. The Morgan fingerprint density at radius 2 is 1.89 bits per heavy atom. The highest BCUT2D eigenvalue weighted by Gasteiger charge is 2.32. The first-order valence-corrected chi connectivity index (χ1v) is 10.1. The van der Waals surface area contributed by atoms with Crippen molar-refractivity contribution in [3.63, 3.8) is 0 Å². The van der Waals surface area contributed by atoms with Crippen LogP contribution >= 0.6 is 24.0 Å². The zero-order valence-corrected chi connectivity index (χ0v) is 20.0. The van der Waals surface area contributed by atoms with E-state index >= 15 is 0 Å². The lowest BCUT2D eigenvalue weighted by molar-refractivity contribution is -0.135. The highest BCUT2D eigenvalue weighted by Crippen LogP contribution is 2.26. The van der Waals surface area contributed by atoms with Gasteiger partial charge in [-0.1, -0.05) is 40.0 Å². The highest BCUT2D eigenvalue weighted by atomic mass is 127. The Bertz CT molecular complexity index is 487. The molecule has 2 unspecified atom stereocenters. The summed E-state index contributed by atoms with van der Waals surface area (Å²) in [6.45, 7) is 8.85. The summed E-state index contributed by atoms with van der Waals surface area (Å²) in [6.07, 6.45) is 6.92. The van der Waals surface area contributed by atoms with E-state index in [2.05, 4.69) is 36.4 Å². The number of hydrogen-bond acceptors (Lipinski definition) is 3. The third kappa shape index (κ3) is 7.40. The fourth-order valence-electron chi connectivity index (χ4n) is 4.01. The second-order valence-electron chi connectivity index (χ2n) is 8.79. The van der Waals surface area contributed by atoms with Crippen LogP contribution in [0.15, 0.2) is 4.99 Å². The fourth-order valence-corrected chi connectivity index (χ4v) is 4.01. The Morgan fingerprint density at radius 3 is 2.44 bits per heavy atom. The van der Waals surface area contributed by atoms with Gasteiger partial charge in [0, 0.05) is 45.8 Å². The minimum absolute atomic E-state index is 0. The van der Waals surface area contributed by atoms with Crippen LogP contribution in [-0.4, -0.2) is 62.7 Å². The van der Waals surface area contributed by atoms with Crippen molar-refractivity contribution in [3.8, 4) is 0 Å². The predicted molar refractivity (Wildman–Crippen MR) is 122 cm³/mol. The van der Waals surface area contributed by atoms with Gasteiger partial charge in [0.05, 0.1) is 6.10 Å². The van der Waals surface area contributed by atoms with E-state index in [1.54, 1.807) is 14.2 Å². The Balaban J connectivity index is 0.00000364. The van der Waals surface area contributed by atoms with Gasteiger partial charge in [-0.25, -0.2) is 0 Å². The van der Waals surface area contributed by atoms with E-state index in [1.165, 1.54) is 19.3 Å². The second-order valence-corrected chi connectivity index (χ2v) is 8.79. The lowest BCUT2D eigenvalue weighted by atomic mass is 9.88. The summed E-state index contributed by atoms with van der Waals surface area (Å²) in [4.78, 5) is 19.1. The summed E-state index contributed by atoms with van der Waals surface area (Å²) in [5.41, 5.74) is 0.0666. The molecule has 2 rings (SSSR count). The minimum atomic E-state index is 0. The number of carbonyl (C=O) groups excluding carboxylic acids is 1. The van der Waals surface area contributed by atoms with Gasteiger partial charge in [0.1, 0.15) is 0 Å². The minimum Gasteiger partial charge on any atom is -0.379 e. The molecule has 0 aromatic heterocycles. The van der Waals surface area contributed by atoms with Crippen LogP contribution in [0.4, 0.5) is 0 Å². The third-order valence-electron chi connectivity index (χ3n) is 5.72. The maximum Gasteiger partial charge on any atom is 0.225 e. The van der Waals surface area contributed by atoms with E-state index in [0.29, 0.717) is 12.5 Å². The molecule has 0 radical (unpaired) electrons. The van der Waals surface area contributed by atoms with Crippen LogP contribution in [0.25, 0.3) is 0 Å². The van der Waals surface area contributed by atoms with Crippen LogP contribution < -0.4 is 10.6 Å². The molecule has 1 heterocycles. The van der Waals surface area contributed by atoms with Gasteiger partial charge in [-0.05, 0) is 24.7 Å². The summed E-state index contributed by atoms with van der Waals surface area (Å²) in [5, 5.41) is 6.85. The molecule has 1 aliphatic heterocycles. The van der Waals surface area contributed by atoms with Crippen LogP contribution in [0.1, 0.15) is 59.3 Å². The van der Waals surface area contributed by atoms with E-state index in [9.17, 15) is 4.79 Å². The molecule has 6 nitrogen and oxygen atoms in total. The number of hydrogen-bond donors (Lipinski definition) is 2. The van der Waals surface area contributed by atoms with Crippen molar-refractivity contribution in [2.75, 3.05) is 33.8 Å². The molecule has 2 aliphatic rings. The molecule has 1 aliphatic carbocycles. The third-order valence-corrected chi connectivity index (χ3v) is 5.72. The molecule has 2 fully saturated rings. The highest BCUT2D eigenvalue weighted by molar-refractivity contribution is 14.0. The molecule has 1 saturated carbocycles. The maximum absolute atomic E-state index is 12.7. The molecular weight excluding hydrogens is 455 g/mol. The van der Waals surface area contributed by atoms with Crippen molar-refractivity contribution in [2.45, 2.75) is 71.4 Å². The van der Waals surface area contributed by atoms with Gasteiger partial charge in [0.25, 0.3) is 0 Å². The zero-order chi connectivity index (χ0) is 19.2. The summed E-state index contributed by atoms with van der Waals surface area (Å²) >= 11 is 0. The van der Waals surface area contributed by atoms with Gasteiger partial charge in [0.15, 0.2) is 5.96 Å². The van der Waals surface area contributed by atoms with Crippen LogP contribution in [0.3, 0.4) is 0 Å². The number of ether oxygens (including phenoxy) is 1.